The van der Waals surface area contributed by atoms with Crippen molar-refractivity contribution in [3.8, 4) is 11.5 Å². The minimum Gasteiger partial charge on any atom is -0.492 e. The molecule has 0 radical (unpaired) electrons. The number of benzene rings is 2. The van der Waals surface area contributed by atoms with E-state index in [0.29, 0.717) is 10.8 Å². The van der Waals surface area contributed by atoms with E-state index in [9.17, 15) is 18.0 Å². The largest absolute Gasteiger partial charge is 0.492 e. The van der Waals surface area contributed by atoms with Crippen molar-refractivity contribution in [3.05, 3.63) is 53.3 Å². The second kappa shape index (κ2) is 9.03. The summed E-state index contributed by atoms with van der Waals surface area (Å²) in [7, 11) is 0. The number of urea groups is 1. The lowest BCUT2D eigenvalue weighted by Gasteiger charge is -2.10. The van der Waals surface area contributed by atoms with Crippen LogP contribution in [0.1, 0.15) is 0 Å². The molecule has 5 nitrogen and oxygen atoms in total. The minimum atomic E-state index is -3.13. The molecule has 0 aliphatic heterocycles. The highest BCUT2D eigenvalue weighted by Crippen LogP contribution is 2.22. The summed E-state index contributed by atoms with van der Waals surface area (Å²) in [4.78, 5) is 11.7. The van der Waals surface area contributed by atoms with E-state index in [1.54, 1.807) is 24.3 Å². The van der Waals surface area contributed by atoms with Crippen molar-refractivity contribution in [3.63, 3.8) is 0 Å². The molecule has 0 spiro atoms. The van der Waals surface area contributed by atoms with Crippen molar-refractivity contribution in [1.82, 2.24) is 5.32 Å². The number of rotatable bonds is 7. The predicted molar refractivity (Wildman–Crippen MR) is 87.0 cm³/mol. The molecule has 2 rings (SSSR count). The van der Waals surface area contributed by atoms with Gasteiger partial charge in [-0.2, -0.15) is 8.78 Å². The van der Waals surface area contributed by atoms with Crippen molar-refractivity contribution in [2.75, 3.05) is 18.5 Å². The summed E-state index contributed by atoms with van der Waals surface area (Å²) < 4.78 is 47.0. The average molecular weight is 375 g/mol. The fourth-order valence-electron chi connectivity index (χ4n) is 1.81. The van der Waals surface area contributed by atoms with Crippen LogP contribution in [0.25, 0.3) is 0 Å². The molecule has 25 heavy (non-hydrogen) atoms. The second-order valence-corrected chi connectivity index (χ2v) is 5.14. The Labute approximate surface area is 146 Å². The van der Waals surface area contributed by atoms with Gasteiger partial charge in [0.05, 0.1) is 6.54 Å². The molecule has 134 valence electrons. The molecule has 0 atom stereocenters. The number of nitrogens with one attached hydrogen (secondary N) is 2. The number of carbonyl (C=O) groups excluding carboxylic acids is 1. The van der Waals surface area contributed by atoms with Crippen LogP contribution in [0.5, 0.6) is 11.5 Å². The quantitative estimate of drug-likeness (QED) is 0.711. The number of amides is 2. The van der Waals surface area contributed by atoms with Gasteiger partial charge in [-0.25, -0.2) is 9.18 Å². The molecule has 0 bridgehead atoms. The third-order valence-electron chi connectivity index (χ3n) is 2.88. The molecule has 2 N–H and O–H groups in total. The first-order chi connectivity index (χ1) is 11.9. The normalized spacial score (nSPS) is 10.4. The zero-order chi connectivity index (χ0) is 18.2. The van der Waals surface area contributed by atoms with Gasteiger partial charge in [0.15, 0.2) is 11.6 Å². The van der Waals surface area contributed by atoms with Gasteiger partial charge in [-0.15, -0.1) is 0 Å². The van der Waals surface area contributed by atoms with Crippen molar-refractivity contribution in [2.45, 2.75) is 6.61 Å². The number of ether oxygens (including phenoxy) is 2. The van der Waals surface area contributed by atoms with Crippen LogP contribution in [0, 0.1) is 5.82 Å². The van der Waals surface area contributed by atoms with Crippen LogP contribution in [0.15, 0.2) is 42.5 Å². The molecule has 0 unspecified atom stereocenters. The van der Waals surface area contributed by atoms with Crippen LogP contribution in [0.4, 0.5) is 23.7 Å². The molecular weight excluding hydrogens is 361 g/mol. The summed E-state index contributed by atoms with van der Waals surface area (Å²) in [6, 6.07) is 9.25. The second-order valence-electron chi connectivity index (χ2n) is 4.71. The first-order valence-electron chi connectivity index (χ1n) is 7.11. The zero-order valence-corrected chi connectivity index (χ0v) is 13.5. The van der Waals surface area contributed by atoms with Gasteiger partial charge in [-0.1, -0.05) is 11.6 Å². The predicted octanol–water partition coefficient (Wildman–Crippen LogP) is 4.28. The summed E-state index contributed by atoms with van der Waals surface area (Å²) in [5.41, 5.74) is 0.0928. The summed E-state index contributed by atoms with van der Waals surface area (Å²) >= 11 is 5.74. The molecule has 0 aliphatic rings. The van der Waals surface area contributed by atoms with Gasteiger partial charge < -0.3 is 20.1 Å². The first-order valence-corrected chi connectivity index (χ1v) is 7.49. The van der Waals surface area contributed by atoms with E-state index in [2.05, 4.69) is 15.4 Å². The standard InChI is InChI=1S/C16H14ClF3N2O3/c17-10-1-4-12(5-2-10)24-8-7-21-16(23)22-11-3-6-14(13(18)9-11)25-15(19)20/h1-6,9,15H,7-8H2,(H2,21,22,23). The van der Waals surface area contributed by atoms with E-state index in [1.807, 2.05) is 0 Å². The number of alkyl halides is 2. The number of anilines is 1. The Hall–Kier alpha value is -2.61. The molecule has 0 aromatic heterocycles. The topological polar surface area (TPSA) is 59.6 Å². The highest BCUT2D eigenvalue weighted by molar-refractivity contribution is 6.30. The number of halogens is 4. The molecule has 2 aromatic carbocycles. The average Bonchev–Trinajstić information content (AvgIpc) is 2.55. The molecule has 2 amide bonds. The van der Waals surface area contributed by atoms with Crippen molar-refractivity contribution in [2.24, 2.45) is 0 Å². The third-order valence-corrected chi connectivity index (χ3v) is 3.13. The molecule has 0 heterocycles. The first kappa shape index (κ1) is 18.7. The van der Waals surface area contributed by atoms with Crippen LogP contribution in [0.2, 0.25) is 5.02 Å². The molecular formula is C16H14ClF3N2O3. The fraction of sp³-hybridized carbons (Fsp3) is 0.188. The van der Waals surface area contributed by atoms with Gasteiger partial charge in [0, 0.05) is 16.8 Å². The van der Waals surface area contributed by atoms with E-state index < -0.39 is 24.2 Å². The van der Waals surface area contributed by atoms with Gasteiger partial charge in [-0.05, 0) is 36.4 Å². The van der Waals surface area contributed by atoms with Crippen molar-refractivity contribution < 1.29 is 27.4 Å². The molecule has 2 aromatic rings. The molecule has 0 aliphatic carbocycles. The Morgan fingerprint density at radius 2 is 1.88 bits per heavy atom. The highest BCUT2D eigenvalue weighted by Gasteiger charge is 2.11. The minimum absolute atomic E-state index is 0.0928. The Kier molecular flexibility index (Phi) is 6.76. The van der Waals surface area contributed by atoms with Crippen LogP contribution >= 0.6 is 11.6 Å². The maximum absolute atomic E-state index is 13.5. The van der Waals surface area contributed by atoms with Gasteiger partial charge >= 0.3 is 12.6 Å². The summed E-state index contributed by atoms with van der Waals surface area (Å²) in [5.74, 6) is -1.01. The van der Waals surface area contributed by atoms with Gasteiger partial charge in [-0.3, -0.25) is 0 Å². The SMILES string of the molecule is O=C(NCCOc1ccc(Cl)cc1)Nc1ccc(OC(F)F)c(F)c1. The lowest BCUT2D eigenvalue weighted by atomic mass is 10.3. The van der Waals surface area contributed by atoms with Gasteiger partial charge in [0.25, 0.3) is 0 Å². The maximum atomic E-state index is 13.5. The van der Waals surface area contributed by atoms with Crippen LogP contribution in [-0.4, -0.2) is 25.8 Å². The number of hydrogen-bond acceptors (Lipinski definition) is 3. The van der Waals surface area contributed by atoms with E-state index in [-0.39, 0.29) is 18.8 Å². The lowest BCUT2D eigenvalue weighted by molar-refractivity contribution is -0.0521. The summed E-state index contributed by atoms with van der Waals surface area (Å²) in [5, 5.41) is 5.45. The van der Waals surface area contributed by atoms with E-state index in [1.165, 1.54) is 6.07 Å². The molecule has 0 saturated heterocycles. The Bertz CT molecular complexity index is 714. The Morgan fingerprint density at radius 1 is 1.16 bits per heavy atom. The van der Waals surface area contributed by atoms with Gasteiger partial charge in [0.2, 0.25) is 0 Å². The Balaban J connectivity index is 1.74. The van der Waals surface area contributed by atoms with E-state index in [4.69, 9.17) is 16.3 Å². The van der Waals surface area contributed by atoms with Gasteiger partial charge in [0.1, 0.15) is 12.4 Å². The molecule has 0 saturated carbocycles. The van der Waals surface area contributed by atoms with E-state index in [0.717, 1.165) is 12.1 Å². The Morgan fingerprint density at radius 3 is 2.52 bits per heavy atom. The molecule has 9 heteroatoms. The smallest absolute Gasteiger partial charge is 0.387 e. The monoisotopic (exact) mass is 374 g/mol. The van der Waals surface area contributed by atoms with Crippen molar-refractivity contribution >= 4 is 23.3 Å². The molecule has 0 fully saturated rings. The summed E-state index contributed by atoms with van der Waals surface area (Å²) in [6.45, 7) is -2.72. The van der Waals surface area contributed by atoms with Crippen molar-refractivity contribution in [1.29, 1.82) is 0 Å². The van der Waals surface area contributed by atoms with E-state index >= 15 is 0 Å². The third kappa shape index (κ3) is 6.42. The van der Waals surface area contributed by atoms with Crippen LogP contribution < -0.4 is 20.1 Å². The maximum Gasteiger partial charge on any atom is 0.387 e. The van der Waals surface area contributed by atoms with Crippen LogP contribution in [0.3, 0.4) is 0 Å². The summed E-state index contributed by atoms with van der Waals surface area (Å²) in [6.07, 6.45) is 0. The number of hydrogen-bond donors (Lipinski definition) is 2. The van der Waals surface area contributed by atoms with Crippen LogP contribution in [-0.2, 0) is 0 Å². The lowest BCUT2D eigenvalue weighted by Crippen LogP contribution is -2.32. The fourth-order valence-corrected chi connectivity index (χ4v) is 1.94. The zero-order valence-electron chi connectivity index (χ0n) is 12.8. The number of carbonyl (C=O) groups is 1. The highest BCUT2D eigenvalue weighted by atomic mass is 35.5.